The van der Waals surface area contributed by atoms with Crippen molar-refractivity contribution < 1.29 is 29.0 Å². The molecule has 0 aliphatic heterocycles. The van der Waals surface area contributed by atoms with Crippen molar-refractivity contribution in [1.29, 1.82) is 0 Å². The van der Waals surface area contributed by atoms with E-state index < -0.39 is 23.1 Å². The predicted octanol–water partition coefficient (Wildman–Crippen LogP) is 2.50. The van der Waals surface area contributed by atoms with Crippen LogP contribution in [0.4, 0.5) is 5.69 Å². The van der Waals surface area contributed by atoms with Gasteiger partial charge in [-0.1, -0.05) is 29.8 Å². The van der Waals surface area contributed by atoms with Crippen LogP contribution in [-0.4, -0.2) is 27.5 Å². The van der Waals surface area contributed by atoms with Crippen LogP contribution in [0.25, 0.3) is 5.69 Å². The van der Waals surface area contributed by atoms with Crippen molar-refractivity contribution >= 4 is 40.9 Å². The molecule has 8 nitrogen and oxygen atoms in total. The lowest BCUT2D eigenvalue weighted by molar-refractivity contribution is -0.705. The second-order valence-corrected chi connectivity index (χ2v) is 7.40. The number of aromatic carboxylic acids is 1. The van der Waals surface area contributed by atoms with E-state index in [2.05, 4.69) is 10.6 Å². The zero-order chi connectivity index (χ0) is 20.3. The van der Waals surface area contributed by atoms with Crippen molar-refractivity contribution in [2.45, 2.75) is 17.2 Å². The Hall–Kier alpha value is -3.04. The van der Waals surface area contributed by atoms with Crippen LogP contribution in [0, 0.1) is 0 Å². The molecule has 3 rings (SSSR count). The van der Waals surface area contributed by atoms with Crippen molar-refractivity contribution in [3.05, 3.63) is 59.1 Å². The first-order valence-electron chi connectivity index (χ1n) is 8.01. The maximum Gasteiger partial charge on any atom is 0.335 e. The fourth-order valence-electron chi connectivity index (χ4n) is 2.28. The molecule has 0 aliphatic carbocycles. The normalized spacial score (nSPS) is 11.8. The fourth-order valence-corrected chi connectivity index (χ4v) is 3.32. The molecule has 0 bridgehead atoms. The van der Waals surface area contributed by atoms with Gasteiger partial charge in [-0.15, -0.1) is 0 Å². The summed E-state index contributed by atoms with van der Waals surface area (Å²) in [6.07, 6.45) is 0. The molecule has 1 amide bonds. The Morgan fingerprint density at radius 2 is 2.00 bits per heavy atom. The van der Waals surface area contributed by atoms with Crippen LogP contribution in [0.15, 0.2) is 58.1 Å². The molecule has 0 spiro atoms. The summed E-state index contributed by atoms with van der Waals surface area (Å²) >= 11 is 6.99. The van der Waals surface area contributed by atoms with E-state index in [-0.39, 0.29) is 21.3 Å². The molecule has 0 aliphatic rings. The molecule has 0 fully saturated rings. The molecule has 2 aromatic carbocycles. The number of rotatable bonds is 6. The van der Waals surface area contributed by atoms with Crippen LogP contribution in [0.3, 0.4) is 0 Å². The van der Waals surface area contributed by atoms with Crippen molar-refractivity contribution in [3.8, 4) is 11.6 Å². The third-order valence-corrected chi connectivity index (χ3v) is 5.16. The highest BCUT2D eigenvalue weighted by Crippen LogP contribution is 2.29. The number of hydrogen-bond donors (Lipinski definition) is 2. The zero-order valence-electron chi connectivity index (χ0n) is 14.5. The summed E-state index contributed by atoms with van der Waals surface area (Å²) in [7, 11) is 0. The Morgan fingerprint density at radius 1 is 1.29 bits per heavy atom. The number of nitrogens with zero attached hydrogens (tertiary/aromatic N) is 2. The van der Waals surface area contributed by atoms with Gasteiger partial charge in [0.1, 0.15) is 0 Å². The number of para-hydroxylation sites is 1. The van der Waals surface area contributed by atoms with E-state index in [0.29, 0.717) is 5.69 Å². The van der Waals surface area contributed by atoms with Gasteiger partial charge in [0.15, 0.2) is 5.95 Å². The van der Waals surface area contributed by atoms with Crippen molar-refractivity contribution in [2.24, 2.45) is 0 Å². The molecule has 0 saturated carbocycles. The first-order valence-corrected chi connectivity index (χ1v) is 9.27. The van der Waals surface area contributed by atoms with Gasteiger partial charge in [-0.25, -0.2) is 4.79 Å². The van der Waals surface area contributed by atoms with Gasteiger partial charge in [0.05, 0.1) is 26.8 Å². The van der Waals surface area contributed by atoms with Crippen molar-refractivity contribution in [2.75, 3.05) is 5.32 Å². The predicted molar refractivity (Wildman–Crippen MR) is 99.8 cm³/mol. The number of halogens is 1. The Kier molecular flexibility index (Phi) is 5.86. The number of carboxylic acids is 1. The average molecular weight is 420 g/mol. The number of carbonyl (C=O) groups is 2. The van der Waals surface area contributed by atoms with Crippen molar-refractivity contribution in [3.63, 3.8) is 0 Å². The first kappa shape index (κ1) is 19.7. The van der Waals surface area contributed by atoms with E-state index >= 15 is 0 Å². The number of hydrogen-bond acceptors (Lipinski definition) is 6. The van der Waals surface area contributed by atoms with E-state index in [9.17, 15) is 14.7 Å². The molecule has 2 N–H and O–H groups in total. The minimum absolute atomic E-state index is 0.0113. The smallest absolute Gasteiger partial charge is 0.335 e. The number of nitrogens with one attached hydrogen (secondary N) is 1. The number of anilines is 1. The molecular weight excluding hydrogens is 406 g/mol. The highest BCUT2D eigenvalue weighted by molar-refractivity contribution is 8.00. The van der Waals surface area contributed by atoms with Crippen LogP contribution in [0.2, 0.25) is 5.02 Å². The maximum absolute atomic E-state index is 12.5. The summed E-state index contributed by atoms with van der Waals surface area (Å²) in [5.74, 6) is -2.27. The second-order valence-electron chi connectivity index (χ2n) is 5.66. The number of aromatic nitrogens is 2. The summed E-state index contributed by atoms with van der Waals surface area (Å²) < 4.78 is 6.04. The topological polar surface area (TPSA) is 119 Å². The number of carboxylic acid groups (broad SMARTS) is 1. The van der Waals surface area contributed by atoms with Crippen LogP contribution in [-0.2, 0) is 4.79 Å². The quantitative estimate of drug-likeness (QED) is 0.465. The Bertz CT molecular complexity index is 1030. The van der Waals surface area contributed by atoms with E-state index in [4.69, 9.17) is 21.2 Å². The summed E-state index contributed by atoms with van der Waals surface area (Å²) in [6.45, 7) is 1.59. The highest BCUT2D eigenvalue weighted by atomic mass is 35.5. The van der Waals surface area contributed by atoms with Crippen LogP contribution < -0.4 is 15.1 Å². The summed E-state index contributed by atoms with van der Waals surface area (Å²) in [5.41, 5.74) is 0.770. The van der Waals surface area contributed by atoms with Gasteiger partial charge in [-0.3, -0.25) is 4.79 Å². The maximum atomic E-state index is 12.5. The van der Waals surface area contributed by atoms with E-state index in [1.807, 2.05) is 6.07 Å². The zero-order valence-corrected chi connectivity index (χ0v) is 16.0. The molecule has 1 unspecified atom stereocenters. The molecule has 10 heteroatoms. The highest BCUT2D eigenvalue weighted by Gasteiger charge is 2.27. The number of benzene rings is 2. The first-order chi connectivity index (χ1) is 13.4. The molecule has 1 atom stereocenters. The van der Waals surface area contributed by atoms with Gasteiger partial charge in [0, 0.05) is 12.1 Å². The largest absolute Gasteiger partial charge is 0.538 e. The van der Waals surface area contributed by atoms with Crippen molar-refractivity contribution in [1.82, 2.24) is 5.27 Å². The lowest BCUT2D eigenvalue weighted by atomic mass is 10.2. The fraction of sp³-hybridized carbons (Fsp3) is 0.111. The van der Waals surface area contributed by atoms with Gasteiger partial charge in [-0.05, 0) is 41.6 Å². The third kappa shape index (κ3) is 4.26. The molecular formula is C18H14ClN3O5S. The molecule has 144 valence electrons. The van der Waals surface area contributed by atoms with E-state index in [0.717, 1.165) is 11.8 Å². The lowest BCUT2D eigenvalue weighted by Crippen LogP contribution is -2.36. The summed E-state index contributed by atoms with van der Waals surface area (Å²) in [4.78, 5) is 23.6. The minimum Gasteiger partial charge on any atom is -0.538 e. The van der Waals surface area contributed by atoms with Crippen LogP contribution in [0.5, 0.6) is 5.95 Å². The molecule has 1 aromatic heterocycles. The summed E-state index contributed by atoms with van der Waals surface area (Å²) in [6, 6.07) is 12.9. The average Bonchev–Trinajstić information content (AvgIpc) is 3.04. The van der Waals surface area contributed by atoms with Crippen LogP contribution >= 0.6 is 23.4 Å². The molecule has 3 aromatic rings. The van der Waals surface area contributed by atoms with Gasteiger partial charge < -0.3 is 20.1 Å². The number of thioether (sulfide) groups is 1. The van der Waals surface area contributed by atoms with Crippen LogP contribution in [0.1, 0.15) is 17.3 Å². The second kappa shape index (κ2) is 8.32. The Morgan fingerprint density at radius 3 is 2.68 bits per heavy atom. The van der Waals surface area contributed by atoms with Gasteiger partial charge in [0.25, 0.3) is 5.03 Å². The lowest BCUT2D eigenvalue weighted by Gasteiger charge is -2.12. The van der Waals surface area contributed by atoms with Gasteiger partial charge in [0.2, 0.25) is 11.6 Å². The number of carbonyl (C=O) groups excluding carboxylic acids is 1. The SMILES string of the molecule is CC(Sc1c([O-])on[n+]1-c1ccccc1)C(=O)Nc1cc(C(=O)O)ccc1Cl. The number of amides is 1. The molecule has 0 radical (unpaired) electrons. The standard InChI is InChI=1S/C18H14ClN3O5S/c1-10(15(23)20-14-9-11(17(24)25)7-8-13(14)19)28-16-18(26)27-21-22(16)12-5-3-2-4-6-12/h2-10H,1H3,(H2-,20,21,23,24,25,26). The monoisotopic (exact) mass is 419 g/mol. The van der Waals surface area contributed by atoms with Gasteiger partial charge in [-0.2, -0.15) is 0 Å². The Labute approximate surface area is 168 Å². The van der Waals surface area contributed by atoms with Gasteiger partial charge >= 0.3 is 5.97 Å². The third-order valence-electron chi connectivity index (χ3n) is 3.70. The minimum atomic E-state index is -1.14. The molecule has 0 saturated heterocycles. The molecule has 28 heavy (non-hydrogen) atoms. The summed E-state index contributed by atoms with van der Waals surface area (Å²) in [5, 5.41) is 27.0. The van der Waals surface area contributed by atoms with E-state index in [1.165, 1.54) is 22.9 Å². The Balaban J connectivity index is 1.78. The molecule has 1 heterocycles. The van der Waals surface area contributed by atoms with E-state index in [1.54, 1.807) is 31.2 Å².